The maximum Gasteiger partial charge on any atom is 0.161 e. The molecule has 0 saturated heterocycles. The van der Waals surface area contributed by atoms with Gasteiger partial charge in [0.1, 0.15) is 0 Å². The van der Waals surface area contributed by atoms with Crippen molar-refractivity contribution < 1.29 is 9.47 Å². The minimum atomic E-state index is 0.794. The van der Waals surface area contributed by atoms with Crippen LogP contribution in [0.3, 0.4) is 0 Å². The van der Waals surface area contributed by atoms with Gasteiger partial charge in [-0.25, -0.2) is 0 Å². The maximum atomic E-state index is 5.34. The largest absolute Gasteiger partial charge is 0.493 e. The van der Waals surface area contributed by atoms with E-state index in [1.54, 1.807) is 14.2 Å². The van der Waals surface area contributed by atoms with E-state index in [0.29, 0.717) is 0 Å². The molecule has 0 radical (unpaired) electrons. The molecule has 4 nitrogen and oxygen atoms in total. The molecule has 0 spiro atoms. The van der Waals surface area contributed by atoms with E-state index in [4.69, 9.17) is 9.47 Å². The normalized spacial score (nSPS) is 10.8. The molecule has 0 aromatic heterocycles. The van der Waals surface area contributed by atoms with Crippen molar-refractivity contribution in [2.75, 3.05) is 41.5 Å². The van der Waals surface area contributed by atoms with Crippen LogP contribution in [-0.2, 0) is 6.42 Å². The monoisotopic (exact) mass is 252 g/mol. The third kappa shape index (κ3) is 3.89. The van der Waals surface area contributed by atoms with Crippen LogP contribution in [0.5, 0.6) is 11.5 Å². The number of rotatable bonds is 7. The van der Waals surface area contributed by atoms with E-state index in [9.17, 15) is 0 Å². The molecular formula is C14H24N2O2. The third-order valence-electron chi connectivity index (χ3n) is 3.03. The lowest BCUT2D eigenvalue weighted by atomic mass is 10.0. The highest BCUT2D eigenvalue weighted by atomic mass is 16.5. The van der Waals surface area contributed by atoms with Gasteiger partial charge in [-0.3, -0.25) is 4.90 Å². The van der Waals surface area contributed by atoms with Gasteiger partial charge in [-0.2, -0.15) is 0 Å². The highest BCUT2D eigenvalue weighted by Gasteiger charge is 2.09. The number of aryl methyl sites for hydroxylation is 1. The van der Waals surface area contributed by atoms with Crippen molar-refractivity contribution in [3.63, 3.8) is 0 Å². The fourth-order valence-corrected chi connectivity index (χ4v) is 1.95. The van der Waals surface area contributed by atoms with Crippen LogP contribution in [-0.4, -0.2) is 46.4 Å². The molecule has 0 amide bonds. The summed E-state index contributed by atoms with van der Waals surface area (Å²) in [5, 5.41) is 3.14. The second kappa shape index (κ2) is 7.24. The second-order valence-electron chi connectivity index (χ2n) is 4.48. The van der Waals surface area contributed by atoms with Crippen LogP contribution in [0.4, 0.5) is 0 Å². The van der Waals surface area contributed by atoms with E-state index in [-0.39, 0.29) is 0 Å². The minimum Gasteiger partial charge on any atom is -0.493 e. The molecule has 1 N–H and O–H groups in total. The van der Waals surface area contributed by atoms with Gasteiger partial charge in [0.25, 0.3) is 0 Å². The number of hydrogen-bond acceptors (Lipinski definition) is 4. The minimum absolute atomic E-state index is 0.794. The molecule has 0 atom stereocenters. The molecule has 0 aliphatic heterocycles. The zero-order chi connectivity index (χ0) is 13.5. The standard InChI is InChI=1S/C14H24N2O2/c1-11-8-13(17-4)14(18-5)9-12(11)6-7-16(3)10-15-2/h8-9,15H,6-7,10H2,1-5H3. The maximum absolute atomic E-state index is 5.34. The molecule has 0 unspecified atom stereocenters. The number of nitrogens with one attached hydrogen (secondary N) is 1. The first kappa shape index (κ1) is 14.8. The van der Waals surface area contributed by atoms with Gasteiger partial charge in [0.05, 0.1) is 14.2 Å². The average molecular weight is 252 g/mol. The lowest BCUT2D eigenvalue weighted by Crippen LogP contribution is -2.30. The van der Waals surface area contributed by atoms with Gasteiger partial charge in [-0.1, -0.05) is 0 Å². The lowest BCUT2D eigenvalue weighted by molar-refractivity contribution is 0.320. The van der Waals surface area contributed by atoms with Crippen molar-refractivity contribution in [2.45, 2.75) is 13.3 Å². The van der Waals surface area contributed by atoms with Gasteiger partial charge in [-0.05, 0) is 50.7 Å². The van der Waals surface area contributed by atoms with Crippen LogP contribution >= 0.6 is 0 Å². The Morgan fingerprint density at radius 3 is 2.33 bits per heavy atom. The summed E-state index contributed by atoms with van der Waals surface area (Å²) in [4.78, 5) is 2.25. The molecule has 102 valence electrons. The first-order valence-corrected chi connectivity index (χ1v) is 6.17. The van der Waals surface area contributed by atoms with E-state index in [1.165, 1.54) is 11.1 Å². The number of ether oxygens (including phenoxy) is 2. The molecule has 0 bridgehead atoms. The van der Waals surface area contributed by atoms with E-state index in [0.717, 1.165) is 31.1 Å². The van der Waals surface area contributed by atoms with Crippen LogP contribution in [0, 0.1) is 6.92 Å². The predicted molar refractivity (Wildman–Crippen MR) is 74.5 cm³/mol. The second-order valence-corrected chi connectivity index (χ2v) is 4.48. The fraction of sp³-hybridized carbons (Fsp3) is 0.571. The van der Waals surface area contributed by atoms with Gasteiger partial charge in [0, 0.05) is 13.2 Å². The van der Waals surface area contributed by atoms with Crippen LogP contribution in [0.2, 0.25) is 0 Å². The molecule has 18 heavy (non-hydrogen) atoms. The molecule has 0 heterocycles. The molecule has 1 aromatic carbocycles. The summed E-state index contributed by atoms with van der Waals surface area (Å²) in [6.45, 7) is 4.01. The van der Waals surface area contributed by atoms with E-state index in [1.807, 2.05) is 13.1 Å². The number of hydrogen-bond donors (Lipinski definition) is 1. The molecule has 0 saturated carbocycles. The molecule has 0 aliphatic carbocycles. The highest BCUT2D eigenvalue weighted by molar-refractivity contribution is 5.47. The molecule has 4 heteroatoms. The Kier molecular flexibility index (Phi) is 5.95. The topological polar surface area (TPSA) is 33.7 Å². The van der Waals surface area contributed by atoms with Gasteiger partial charge in [-0.15, -0.1) is 0 Å². The zero-order valence-corrected chi connectivity index (χ0v) is 12.0. The third-order valence-corrected chi connectivity index (χ3v) is 3.03. The Bertz CT molecular complexity index is 380. The van der Waals surface area contributed by atoms with Gasteiger partial charge in [0.15, 0.2) is 11.5 Å². The summed E-state index contributed by atoms with van der Waals surface area (Å²) in [5.41, 5.74) is 2.54. The SMILES string of the molecule is CNCN(C)CCc1cc(OC)c(OC)cc1C. The summed E-state index contributed by atoms with van der Waals surface area (Å²) in [6.07, 6.45) is 1.00. The van der Waals surface area contributed by atoms with Crippen molar-refractivity contribution in [3.05, 3.63) is 23.3 Å². The quantitative estimate of drug-likeness (QED) is 0.748. The average Bonchev–Trinajstić information content (AvgIpc) is 2.37. The summed E-state index contributed by atoms with van der Waals surface area (Å²) < 4.78 is 10.6. The smallest absolute Gasteiger partial charge is 0.161 e. The number of methoxy groups -OCH3 is 2. The number of nitrogens with zero attached hydrogens (tertiary/aromatic N) is 1. The van der Waals surface area contributed by atoms with Crippen molar-refractivity contribution in [3.8, 4) is 11.5 Å². The first-order valence-electron chi connectivity index (χ1n) is 6.17. The van der Waals surface area contributed by atoms with E-state index in [2.05, 4.69) is 30.3 Å². The first-order chi connectivity index (χ1) is 8.62. The van der Waals surface area contributed by atoms with Crippen molar-refractivity contribution >= 4 is 0 Å². The van der Waals surface area contributed by atoms with Crippen LogP contribution in [0.1, 0.15) is 11.1 Å². The summed E-state index contributed by atoms with van der Waals surface area (Å²) in [7, 11) is 7.40. The molecule has 1 aromatic rings. The molecule has 0 fully saturated rings. The summed E-state index contributed by atoms with van der Waals surface area (Å²) >= 11 is 0. The van der Waals surface area contributed by atoms with Gasteiger partial charge >= 0.3 is 0 Å². The van der Waals surface area contributed by atoms with Crippen LogP contribution < -0.4 is 14.8 Å². The van der Waals surface area contributed by atoms with E-state index < -0.39 is 0 Å². The Hall–Kier alpha value is -1.26. The van der Waals surface area contributed by atoms with Gasteiger partial charge in [0.2, 0.25) is 0 Å². The molecular weight excluding hydrogens is 228 g/mol. The Morgan fingerprint density at radius 1 is 1.17 bits per heavy atom. The van der Waals surface area contributed by atoms with Crippen molar-refractivity contribution in [1.82, 2.24) is 10.2 Å². The number of benzene rings is 1. The summed E-state index contributed by atoms with van der Waals surface area (Å²) in [5.74, 6) is 1.59. The highest BCUT2D eigenvalue weighted by Crippen LogP contribution is 2.30. The summed E-state index contributed by atoms with van der Waals surface area (Å²) in [6, 6.07) is 4.10. The lowest BCUT2D eigenvalue weighted by Gasteiger charge is -2.17. The fourth-order valence-electron chi connectivity index (χ4n) is 1.95. The molecule has 1 rings (SSSR count). The van der Waals surface area contributed by atoms with Crippen LogP contribution in [0.25, 0.3) is 0 Å². The van der Waals surface area contributed by atoms with Crippen LogP contribution in [0.15, 0.2) is 12.1 Å². The van der Waals surface area contributed by atoms with E-state index >= 15 is 0 Å². The Balaban J connectivity index is 2.76. The number of likely N-dealkylation sites (N-methyl/N-ethyl adjacent to an activating group) is 1. The Morgan fingerprint density at radius 2 is 1.78 bits per heavy atom. The zero-order valence-electron chi connectivity index (χ0n) is 12.0. The predicted octanol–water partition coefficient (Wildman–Crippen LogP) is 1.66. The Labute approximate surface area is 110 Å². The van der Waals surface area contributed by atoms with Gasteiger partial charge < -0.3 is 14.8 Å². The van der Waals surface area contributed by atoms with Crippen molar-refractivity contribution in [1.29, 1.82) is 0 Å². The van der Waals surface area contributed by atoms with Crippen molar-refractivity contribution in [2.24, 2.45) is 0 Å². The molecule has 0 aliphatic rings.